The number of aliphatic hydroxyl groups excluding tert-OH is 1. The summed E-state index contributed by atoms with van der Waals surface area (Å²) in [5.74, 6) is -0.0291. The Labute approximate surface area is 136 Å². The van der Waals surface area contributed by atoms with Gasteiger partial charge in [-0.05, 0) is 20.8 Å². The first-order chi connectivity index (χ1) is 11.0. The molecule has 128 valence electrons. The molecule has 0 saturated carbocycles. The second kappa shape index (κ2) is 6.59. The molecule has 0 radical (unpaired) electrons. The lowest BCUT2D eigenvalue weighted by Gasteiger charge is -2.38. The van der Waals surface area contributed by atoms with E-state index in [0.717, 1.165) is 24.2 Å². The minimum atomic E-state index is -0.0419. The summed E-state index contributed by atoms with van der Waals surface area (Å²) in [7, 11) is 0. The summed E-state index contributed by atoms with van der Waals surface area (Å²) in [4.78, 5) is 14.5. The van der Waals surface area contributed by atoms with Gasteiger partial charge in [0.1, 0.15) is 0 Å². The van der Waals surface area contributed by atoms with E-state index in [1.807, 2.05) is 25.5 Å². The summed E-state index contributed by atoms with van der Waals surface area (Å²) in [5.41, 5.74) is 2.62. The summed E-state index contributed by atoms with van der Waals surface area (Å²) >= 11 is 0. The van der Waals surface area contributed by atoms with Gasteiger partial charge in [0, 0.05) is 31.6 Å². The molecular formula is C16H25N3O4. The first-order valence-electron chi connectivity index (χ1n) is 8.31. The summed E-state index contributed by atoms with van der Waals surface area (Å²) in [6.07, 6.45) is 0.797. The third-order valence-corrected chi connectivity index (χ3v) is 4.49. The van der Waals surface area contributed by atoms with Crippen LogP contribution in [0.1, 0.15) is 48.6 Å². The van der Waals surface area contributed by atoms with Crippen molar-refractivity contribution in [2.24, 2.45) is 0 Å². The van der Waals surface area contributed by atoms with Gasteiger partial charge in [0.25, 0.3) is 5.91 Å². The van der Waals surface area contributed by atoms with Crippen LogP contribution >= 0.6 is 0 Å². The minimum absolute atomic E-state index is 0.00857. The molecule has 1 aromatic heterocycles. The number of aliphatic hydroxyl groups is 1. The fraction of sp³-hybridized carbons (Fsp3) is 0.750. The molecule has 23 heavy (non-hydrogen) atoms. The Morgan fingerprint density at radius 2 is 2.17 bits per heavy atom. The van der Waals surface area contributed by atoms with E-state index in [-0.39, 0.29) is 30.8 Å². The van der Waals surface area contributed by atoms with E-state index in [1.54, 1.807) is 4.90 Å². The predicted octanol–water partition coefficient (Wildman–Crippen LogP) is 0.758. The number of nitrogens with zero attached hydrogens (tertiary/aromatic N) is 3. The van der Waals surface area contributed by atoms with Crippen molar-refractivity contribution in [3.8, 4) is 0 Å². The zero-order valence-corrected chi connectivity index (χ0v) is 14.0. The lowest BCUT2D eigenvalue weighted by molar-refractivity contribution is -0.0519. The third kappa shape index (κ3) is 3.00. The van der Waals surface area contributed by atoms with Crippen molar-refractivity contribution in [3.05, 3.63) is 17.0 Å². The highest BCUT2D eigenvalue weighted by molar-refractivity contribution is 5.94. The number of rotatable bonds is 5. The Morgan fingerprint density at radius 1 is 1.43 bits per heavy atom. The fourth-order valence-electron chi connectivity index (χ4n) is 3.41. The maximum atomic E-state index is 12.8. The lowest BCUT2D eigenvalue weighted by atomic mass is 9.98. The number of hydrogen-bond acceptors (Lipinski definition) is 5. The fourth-order valence-corrected chi connectivity index (χ4v) is 3.41. The van der Waals surface area contributed by atoms with Crippen LogP contribution in [-0.2, 0) is 22.4 Å². The van der Waals surface area contributed by atoms with Crippen LogP contribution in [-0.4, -0.2) is 64.2 Å². The lowest BCUT2D eigenvalue weighted by Crippen LogP contribution is -2.55. The molecule has 7 nitrogen and oxygen atoms in total. The Bertz CT molecular complexity index is 580. The number of ether oxygens (including phenoxy) is 2. The largest absolute Gasteiger partial charge is 0.394 e. The monoisotopic (exact) mass is 323 g/mol. The number of likely N-dealkylation sites (tertiary alicyclic amines) is 1. The summed E-state index contributed by atoms with van der Waals surface area (Å²) < 4.78 is 13.2. The molecule has 1 fully saturated rings. The molecular weight excluding hydrogens is 298 g/mol. The number of carbonyl (C=O) groups excluding carboxylic acids is 1. The van der Waals surface area contributed by atoms with Gasteiger partial charge in [-0.2, -0.15) is 5.10 Å². The van der Waals surface area contributed by atoms with Crippen molar-refractivity contribution in [1.82, 2.24) is 14.7 Å². The maximum Gasteiger partial charge on any atom is 0.274 e. The molecule has 3 rings (SSSR count). The number of aryl methyl sites for hydroxylation is 1. The van der Waals surface area contributed by atoms with E-state index in [4.69, 9.17) is 14.6 Å². The van der Waals surface area contributed by atoms with Crippen molar-refractivity contribution < 1.29 is 19.4 Å². The van der Waals surface area contributed by atoms with Crippen LogP contribution in [0.15, 0.2) is 0 Å². The third-order valence-electron chi connectivity index (χ3n) is 4.49. The highest BCUT2D eigenvalue weighted by atomic mass is 16.5. The van der Waals surface area contributed by atoms with E-state index >= 15 is 0 Å². The first-order valence-corrected chi connectivity index (χ1v) is 8.31. The SMILES string of the molecule is CCn1nc(C(=O)N2CC(OCCO)C2)c2c1[C@H](C)O[C@H](C)C2. The highest BCUT2D eigenvalue weighted by Gasteiger charge is 2.37. The number of hydrogen-bond donors (Lipinski definition) is 1. The standard InChI is InChI=1S/C16H25N3O4/c1-4-19-15-11(3)23-10(2)7-13(15)14(17-19)16(21)18-8-12(9-18)22-6-5-20/h10-12,20H,4-9H2,1-3H3/t10-,11+/m1/s1. The van der Waals surface area contributed by atoms with Gasteiger partial charge in [-0.3, -0.25) is 9.48 Å². The second-order valence-corrected chi connectivity index (χ2v) is 6.25. The Kier molecular flexibility index (Phi) is 4.70. The molecule has 1 saturated heterocycles. The average molecular weight is 323 g/mol. The van der Waals surface area contributed by atoms with Crippen molar-refractivity contribution in [2.75, 3.05) is 26.3 Å². The maximum absolute atomic E-state index is 12.8. The molecule has 1 N–H and O–H groups in total. The number of amides is 1. The van der Waals surface area contributed by atoms with Gasteiger partial charge in [-0.1, -0.05) is 0 Å². The van der Waals surface area contributed by atoms with Gasteiger partial charge in [-0.25, -0.2) is 0 Å². The van der Waals surface area contributed by atoms with Crippen LogP contribution in [0.5, 0.6) is 0 Å². The molecule has 7 heteroatoms. The molecule has 1 amide bonds. The van der Waals surface area contributed by atoms with E-state index in [1.165, 1.54) is 0 Å². The predicted molar refractivity (Wildman–Crippen MR) is 83.3 cm³/mol. The Morgan fingerprint density at radius 3 is 2.83 bits per heavy atom. The van der Waals surface area contributed by atoms with Crippen LogP contribution < -0.4 is 0 Å². The second-order valence-electron chi connectivity index (χ2n) is 6.25. The molecule has 2 atom stereocenters. The van der Waals surface area contributed by atoms with E-state index in [0.29, 0.717) is 25.4 Å². The molecule has 0 aliphatic carbocycles. The molecule has 3 heterocycles. The number of fused-ring (bicyclic) bond motifs is 1. The van der Waals surface area contributed by atoms with E-state index in [9.17, 15) is 4.79 Å². The molecule has 0 bridgehead atoms. The smallest absolute Gasteiger partial charge is 0.274 e. The van der Waals surface area contributed by atoms with Gasteiger partial charge >= 0.3 is 0 Å². The van der Waals surface area contributed by atoms with E-state index in [2.05, 4.69) is 5.10 Å². The number of carbonyl (C=O) groups is 1. The Hall–Kier alpha value is -1.44. The van der Waals surface area contributed by atoms with Crippen LogP contribution in [0.25, 0.3) is 0 Å². The van der Waals surface area contributed by atoms with Gasteiger partial charge in [-0.15, -0.1) is 0 Å². The zero-order chi connectivity index (χ0) is 16.6. The van der Waals surface area contributed by atoms with Crippen LogP contribution in [0.3, 0.4) is 0 Å². The quantitative estimate of drug-likeness (QED) is 0.866. The van der Waals surface area contributed by atoms with Gasteiger partial charge in [0.15, 0.2) is 5.69 Å². The summed E-state index contributed by atoms with van der Waals surface area (Å²) in [6, 6.07) is 0. The topological polar surface area (TPSA) is 76.8 Å². The Balaban J connectivity index is 1.77. The van der Waals surface area contributed by atoms with Crippen molar-refractivity contribution >= 4 is 5.91 Å². The molecule has 0 aromatic carbocycles. The zero-order valence-electron chi connectivity index (χ0n) is 14.0. The van der Waals surface area contributed by atoms with Gasteiger partial charge < -0.3 is 19.5 Å². The highest BCUT2D eigenvalue weighted by Crippen LogP contribution is 2.33. The molecule has 1 aromatic rings. The number of aromatic nitrogens is 2. The molecule has 2 aliphatic heterocycles. The van der Waals surface area contributed by atoms with Crippen molar-refractivity contribution in [1.29, 1.82) is 0 Å². The van der Waals surface area contributed by atoms with Gasteiger partial charge in [0.05, 0.1) is 37.2 Å². The normalized spacial score (nSPS) is 24.4. The van der Waals surface area contributed by atoms with E-state index < -0.39 is 0 Å². The van der Waals surface area contributed by atoms with Crippen LogP contribution in [0.2, 0.25) is 0 Å². The molecule has 0 spiro atoms. The minimum Gasteiger partial charge on any atom is -0.394 e. The van der Waals surface area contributed by atoms with Crippen molar-refractivity contribution in [3.63, 3.8) is 0 Å². The van der Waals surface area contributed by atoms with Crippen LogP contribution in [0, 0.1) is 0 Å². The molecule has 0 unspecified atom stereocenters. The molecule has 2 aliphatic rings. The summed E-state index contributed by atoms with van der Waals surface area (Å²) in [6.45, 7) is 8.24. The summed E-state index contributed by atoms with van der Waals surface area (Å²) in [5, 5.41) is 13.3. The van der Waals surface area contributed by atoms with Crippen molar-refractivity contribution in [2.45, 2.75) is 52.0 Å². The van der Waals surface area contributed by atoms with Crippen LogP contribution in [0.4, 0.5) is 0 Å². The average Bonchev–Trinajstić information content (AvgIpc) is 2.84. The van der Waals surface area contributed by atoms with Gasteiger partial charge in [0.2, 0.25) is 0 Å². The first kappa shape index (κ1) is 16.4.